The third kappa shape index (κ3) is 2.34. The standard InChI is InChI=1S/C17H17FN2O/c1-17(2)8-15-12(16(21)9-17)5-6-20(15)14-4-3-11(10-19)7-13(14)18/h3-7,16,21H,8-9H2,1-2H3. The van der Waals surface area contributed by atoms with Crippen LogP contribution in [0.3, 0.4) is 0 Å². The number of hydrogen-bond acceptors (Lipinski definition) is 2. The van der Waals surface area contributed by atoms with E-state index in [0.717, 1.165) is 17.7 Å². The van der Waals surface area contributed by atoms with Crippen molar-refractivity contribution in [1.29, 1.82) is 5.26 Å². The Morgan fingerprint density at radius 2 is 2.14 bits per heavy atom. The Morgan fingerprint density at radius 1 is 1.38 bits per heavy atom. The van der Waals surface area contributed by atoms with E-state index in [9.17, 15) is 9.50 Å². The van der Waals surface area contributed by atoms with Gasteiger partial charge in [0.05, 0.1) is 23.4 Å². The average Bonchev–Trinajstić information content (AvgIpc) is 2.81. The molecule has 1 N–H and O–H groups in total. The van der Waals surface area contributed by atoms with Crippen LogP contribution < -0.4 is 0 Å². The minimum absolute atomic E-state index is 0.0222. The lowest BCUT2D eigenvalue weighted by atomic mass is 9.75. The van der Waals surface area contributed by atoms with Gasteiger partial charge in [-0.25, -0.2) is 4.39 Å². The van der Waals surface area contributed by atoms with Crippen LogP contribution in [0.15, 0.2) is 30.5 Å². The van der Waals surface area contributed by atoms with Crippen LogP contribution in [-0.2, 0) is 6.42 Å². The van der Waals surface area contributed by atoms with Crippen LogP contribution in [0.2, 0.25) is 0 Å². The number of aromatic nitrogens is 1. The van der Waals surface area contributed by atoms with Gasteiger partial charge in [-0.3, -0.25) is 0 Å². The minimum atomic E-state index is -0.508. The lowest BCUT2D eigenvalue weighted by Crippen LogP contribution is -2.26. The first-order valence-corrected chi connectivity index (χ1v) is 6.99. The molecule has 0 aliphatic heterocycles. The molecular weight excluding hydrogens is 267 g/mol. The van der Waals surface area contributed by atoms with Gasteiger partial charge in [0.2, 0.25) is 0 Å². The van der Waals surface area contributed by atoms with Gasteiger partial charge in [-0.15, -0.1) is 0 Å². The monoisotopic (exact) mass is 284 g/mol. The largest absolute Gasteiger partial charge is 0.388 e. The number of aliphatic hydroxyl groups is 1. The molecule has 0 fully saturated rings. The number of nitriles is 1. The average molecular weight is 284 g/mol. The Labute approximate surface area is 123 Å². The second-order valence-corrected chi connectivity index (χ2v) is 6.43. The van der Waals surface area contributed by atoms with Gasteiger partial charge in [0.1, 0.15) is 5.82 Å². The molecule has 0 saturated carbocycles. The summed E-state index contributed by atoms with van der Waals surface area (Å²) in [6.45, 7) is 4.21. The number of benzene rings is 1. The summed E-state index contributed by atoms with van der Waals surface area (Å²) in [5.74, 6) is -0.426. The lowest BCUT2D eigenvalue weighted by molar-refractivity contribution is 0.0986. The lowest BCUT2D eigenvalue weighted by Gasteiger charge is -2.34. The Bertz CT molecular complexity index is 740. The maximum absolute atomic E-state index is 14.2. The first-order valence-electron chi connectivity index (χ1n) is 6.99. The van der Waals surface area contributed by atoms with E-state index in [4.69, 9.17) is 5.26 Å². The number of fused-ring (bicyclic) bond motifs is 1. The molecule has 0 amide bonds. The first-order chi connectivity index (χ1) is 9.91. The van der Waals surface area contributed by atoms with Crippen LogP contribution in [-0.4, -0.2) is 9.67 Å². The van der Waals surface area contributed by atoms with Gasteiger partial charge in [0.15, 0.2) is 0 Å². The molecule has 0 saturated heterocycles. The molecule has 1 aromatic heterocycles. The third-order valence-corrected chi connectivity index (χ3v) is 4.11. The molecule has 1 atom stereocenters. The fourth-order valence-corrected chi connectivity index (χ4v) is 3.13. The maximum atomic E-state index is 14.2. The molecule has 3 rings (SSSR count). The number of rotatable bonds is 1. The van der Waals surface area contributed by atoms with Gasteiger partial charge in [0, 0.05) is 17.5 Å². The summed E-state index contributed by atoms with van der Waals surface area (Å²) in [7, 11) is 0. The van der Waals surface area contributed by atoms with Gasteiger partial charge in [-0.2, -0.15) is 5.26 Å². The SMILES string of the molecule is CC1(C)Cc2c(ccn2-c2ccc(C#N)cc2F)C(O)C1. The smallest absolute Gasteiger partial charge is 0.148 e. The molecule has 0 radical (unpaired) electrons. The number of nitrogens with zero attached hydrogens (tertiary/aromatic N) is 2. The first kappa shape index (κ1) is 13.8. The molecule has 2 aromatic rings. The number of hydrogen-bond donors (Lipinski definition) is 1. The van der Waals surface area contributed by atoms with Gasteiger partial charge >= 0.3 is 0 Å². The molecule has 108 valence electrons. The van der Waals surface area contributed by atoms with Crippen molar-refractivity contribution < 1.29 is 9.50 Å². The van der Waals surface area contributed by atoms with E-state index in [1.165, 1.54) is 6.07 Å². The van der Waals surface area contributed by atoms with Crippen molar-refractivity contribution in [2.75, 3.05) is 0 Å². The molecule has 1 aromatic carbocycles. The highest BCUT2D eigenvalue weighted by atomic mass is 19.1. The summed E-state index contributed by atoms with van der Waals surface area (Å²) in [6.07, 6.45) is 2.78. The van der Waals surface area contributed by atoms with Crippen molar-refractivity contribution in [3.8, 4) is 11.8 Å². The van der Waals surface area contributed by atoms with E-state index in [-0.39, 0.29) is 5.41 Å². The molecule has 0 spiro atoms. The third-order valence-electron chi connectivity index (χ3n) is 4.11. The zero-order valence-electron chi connectivity index (χ0n) is 12.1. The Kier molecular flexibility index (Phi) is 3.11. The topological polar surface area (TPSA) is 49.0 Å². The minimum Gasteiger partial charge on any atom is -0.388 e. The zero-order valence-corrected chi connectivity index (χ0v) is 12.1. The fourth-order valence-electron chi connectivity index (χ4n) is 3.13. The van der Waals surface area contributed by atoms with E-state index in [2.05, 4.69) is 13.8 Å². The normalized spacial score (nSPS) is 19.9. The summed E-state index contributed by atoms with van der Waals surface area (Å²) < 4.78 is 16.0. The van der Waals surface area contributed by atoms with E-state index in [1.807, 2.05) is 12.1 Å². The predicted molar refractivity (Wildman–Crippen MR) is 77.5 cm³/mol. The molecule has 0 bridgehead atoms. The maximum Gasteiger partial charge on any atom is 0.148 e. The van der Waals surface area contributed by atoms with Crippen LogP contribution in [0, 0.1) is 22.6 Å². The molecule has 1 aliphatic carbocycles. The van der Waals surface area contributed by atoms with Crippen molar-refractivity contribution in [1.82, 2.24) is 4.57 Å². The van der Waals surface area contributed by atoms with Gasteiger partial charge in [0.25, 0.3) is 0 Å². The fraction of sp³-hybridized carbons (Fsp3) is 0.353. The summed E-state index contributed by atoms with van der Waals surface area (Å²) in [5.41, 5.74) is 2.52. The predicted octanol–water partition coefficient (Wildman–Crippen LogP) is 3.49. The summed E-state index contributed by atoms with van der Waals surface area (Å²) in [6, 6.07) is 8.25. The van der Waals surface area contributed by atoms with Crippen molar-refractivity contribution in [3.63, 3.8) is 0 Å². The van der Waals surface area contributed by atoms with E-state index >= 15 is 0 Å². The molecular formula is C17H17FN2O. The van der Waals surface area contributed by atoms with E-state index in [0.29, 0.717) is 17.7 Å². The molecule has 4 heteroatoms. The summed E-state index contributed by atoms with van der Waals surface area (Å²) >= 11 is 0. The quantitative estimate of drug-likeness (QED) is 0.871. The van der Waals surface area contributed by atoms with Gasteiger partial charge < -0.3 is 9.67 Å². The highest BCUT2D eigenvalue weighted by molar-refractivity contribution is 5.45. The zero-order chi connectivity index (χ0) is 15.2. The number of aliphatic hydroxyl groups excluding tert-OH is 1. The van der Waals surface area contributed by atoms with Crippen LogP contribution >= 0.6 is 0 Å². The molecule has 3 nitrogen and oxygen atoms in total. The van der Waals surface area contributed by atoms with Crippen molar-refractivity contribution in [2.45, 2.75) is 32.8 Å². The van der Waals surface area contributed by atoms with E-state index < -0.39 is 11.9 Å². The van der Waals surface area contributed by atoms with Crippen LogP contribution in [0.5, 0.6) is 0 Å². The van der Waals surface area contributed by atoms with Crippen molar-refractivity contribution in [3.05, 3.63) is 53.1 Å². The molecule has 1 aliphatic rings. The van der Waals surface area contributed by atoms with Gasteiger partial charge in [-0.05, 0) is 42.5 Å². The van der Waals surface area contributed by atoms with Gasteiger partial charge in [-0.1, -0.05) is 13.8 Å². The Morgan fingerprint density at radius 3 is 2.81 bits per heavy atom. The Balaban J connectivity index is 2.12. The second-order valence-electron chi connectivity index (χ2n) is 6.43. The van der Waals surface area contributed by atoms with Crippen LogP contribution in [0.25, 0.3) is 5.69 Å². The Hall–Kier alpha value is -2.12. The summed E-state index contributed by atoms with van der Waals surface area (Å²) in [5, 5.41) is 19.1. The molecule has 1 unspecified atom stereocenters. The second kappa shape index (κ2) is 4.71. The summed E-state index contributed by atoms with van der Waals surface area (Å²) in [4.78, 5) is 0. The van der Waals surface area contributed by atoms with Crippen molar-refractivity contribution in [2.24, 2.45) is 5.41 Å². The molecule has 21 heavy (non-hydrogen) atoms. The van der Waals surface area contributed by atoms with E-state index in [1.54, 1.807) is 22.9 Å². The van der Waals surface area contributed by atoms with Crippen LogP contribution in [0.4, 0.5) is 4.39 Å². The molecule has 1 heterocycles. The number of halogens is 1. The highest BCUT2D eigenvalue weighted by Crippen LogP contribution is 2.42. The highest BCUT2D eigenvalue weighted by Gasteiger charge is 2.33. The van der Waals surface area contributed by atoms with Crippen molar-refractivity contribution >= 4 is 0 Å². The van der Waals surface area contributed by atoms with Crippen LogP contribution in [0.1, 0.15) is 43.2 Å².